The zero-order chi connectivity index (χ0) is 12.1. The second-order valence-electron chi connectivity index (χ2n) is 3.38. The van der Waals surface area contributed by atoms with E-state index < -0.39 is 5.97 Å². The topological polar surface area (TPSA) is 55.4 Å². The second-order valence-corrected chi connectivity index (χ2v) is 5.98. The van der Waals surface area contributed by atoms with Gasteiger partial charge in [-0.3, -0.25) is 4.79 Å². The Bertz CT molecular complexity index is 320. The van der Waals surface area contributed by atoms with Crippen LogP contribution < -0.4 is 5.32 Å². The lowest BCUT2D eigenvalue weighted by atomic mass is 10.3. The average molecular weight is 261 g/mol. The van der Waals surface area contributed by atoms with Crippen LogP contribution in [-0.2, 0) is 14.3 Å². The molecule has 1 saturated heterocycles. The summed E-state index contributed by atoms with van der Waals surface area (Å²) in [4.78, 5) is 23.4. The van der Waals surface area contributed by atoms with Crippen LogP contribution in [0.25, 0.3) is 0 Å². The van der Waals surface area contributed by atoms with Crippen LogP contribution in [0.5, 0.6) is 0 Å². The van der Waals surface area contributed by atoms with E-state index in [1.54, 1.807) is 13.8 Å². The number of amides is 1. The minimum Gasteiger partial charge on any atom is -0.459 e. The van der Waals surface area contributed by atoms with Gasteiger partial charge in [-0.15, -0.1) is 23.5 Å². The molecule has 1 heterocycles. The molecule has 0 aromatic carbocycles. The Morgan fingerprint density at radius 3 is 2.44 bits per heavy atom. The Morgan fingerprint density at radius 1 is 1.44 bits per heavy atom. The van der Waals surface area contributed by atoms with Gasteiger partial charge in [-0.2, -0.15) is 0 Å². The van der Waals surface area contributed by atoms with Crippen molar-refractivity contribution in [3.63, 3.8) is 0 Å². The average Bonchev–Trinajstić information content (AvgIpc) is 2.09. The van der Waals surface area contributed by atoms with E-state index in [2.05, 4.69) is 5.32 Å². The van der Waals surface area contributed by atoms with Crippen LogP contribution in [0.1, 0.15) is 20.8 Å². The Kier molecular flexibility index (Phi) is 5.21. The number of hydrogen-bond donors (Lipinski definition) is 1. The number of likely N-dealkylation sites (N-methyl/N-ethyl adjacent to an activating group) is 1. The standard InChI is InChI=1S/C10H15NO3S2/c1-4-11-8(12)7(10-15-5-16-10)9(13)14-6(2)3/h6H,4-5H2,1-3H3,(H,11,12). The molecule has 1 aliphatic heterocycles. The number of carbonyl (C=O) groups excluding carboxylic acids is 2. The van der Waals surface area contributed by atoms with E-state index >= 15 is 0 Å². The fourth-order valence-electron chi connectivity index (χ4n) is 1.05. The van der Waals surface area contributed by atoms with E-state index in [0.717, 1.165) is 9.32 Å². The molecular formula is C10H15NO3S2. The van der Waals surface area contributed by atoms with Crippen molar-refractivity contribution in [3.05, 3.63) is 9.81 Å². The molecule has 0 radical (unpaired) electrons. The van der Waals surface area contributed by atoms with Gasteiger partial charge < -0.3 is 10.1 Å². The largest absolute Gasteiger partial charge is 0.459 e. The first-order valence-corrected chi connectivity index (χ1v) is 7.02. The molecule has 0 aromatic rings. The lowest BCUT2D eigenvalue weighted by Crippen LogP contribution is -2.31. The normalized spacial score (nSPS) is 14.4. The molecule has 16 heavy (non-hydrogen) atoms. The van der Waals surface area contributed by atoms with Crippen LogP contribution in [0.2, 0.25) is 0 Å². The molecule has 4 nitrogen and oxygen atoms in total. The predicted molar refractivity (Wildman–Crippen MR) is 67.0 cm³/mol. The maximum Gasteiger partial charge on any atom is 0.345 e. The zero-order valence-corrected chi connectivity index (χ0v) is 11.2. The summed E-state index contributed by atoms with van der Waals surface area (Å²) in [6, 6.07) is 0. The van der Waals surface area contributed by atoms with Crippen molar-refractivity contribution in [1.82, 2.24) is 5.32 Å². The first-order valence-electron chi connectivity index (χ1n) is 5.05. The van der Waals surface area contributed by atoms with Crippen molar-refractivity contribution in [3.8, 4) is 0 Å². The fourth-order valence-corrected chi connectivity index (χ4v) is 2.64. The minimum atomic E-state index is -0.532. The lowest BCUT2D eigenvalue weighted by Gasteiger charge is -2.19. The highest BCUT2D eigenvalue weighted by molar-refractivity contribution is 8.37. The Morgan fingerprint density at radius 2 is 2.06 bits per heavy atom. The highest BCUT2D eigenvalue weighted by atomic mass is 32.3. The van der Waals surface area contributed by atoms with Gasteiger partial charge in [-0.05, 0) is 20.8 Å². The van der Waals surface area contributed by atoms with E-state index in [1.165, 1.54) is 23.5 Å². The Labute approximate surface area is 104 Å². The van der Waals surface area contributed by atoms with Gasteiger partial charge >= 0.3 is 5.97 Å². The van der Waals surface area contributed by atoms with Crippen LogP contribution in [0.4, 0.5) is 0 Å². The second kappa shape index (κ2) is 6.20. The predicted octanol–water partition coefficient (Wildman–Crippen LogP) is 1.72. The first kappa shape index (κ1) is 13.4. The van der Waals surface area contributed by atoms with Gasteiger partial charge in [0.05, 0.1) is 10.3 Å². The van der Waals surface area contributed by atoms with E-state index in [-0.39, 0.29) is 17.6 Å². The summed E-state index contributed by atoms with van der Waals surface area (Å²) in [5.41, 5.74) is 0.150. The molecule has 90 valence electrons. The molecule has 0 spiro atoms. The zero-order valence-electron chi connectivity index (χ0n) is 9.53. The lowest BCUT2D eigenvalue weighted by molar-refractivity contribution is -0.144. The number of hydrogen-bond acceptors (Lipinski definition) is 5. The third-order valence-electron chi connectivity index (χ3n) is 1.70. The highest BCUT2D eigenvalue weighted by Crippen LogP contribution is 2.45. The maximum atomic E-state index is 11.7. The molecule has 1 fully saturated rings. The van der Waals surface area contributed by atoms with E-state index in [9.17, 15) is 9.59 Å². The molecule has 0 saturated carbocycles. The molecule has 0 bridgehead atoms. The van der Waals surface area contributed by atoms with Gasteiger partial charge in [-0.25, -0.2) is 4.79 Å². The van der Waals surface area contributed by atoms with Crippen molar-refractivity contribution in [2.75, 3.05) is 11.6 Å². The number of carbonyl (C=O) groups is 2. The summed E-state index contributed by atoms with van der Waals surface area (Å²) in [6.07, 6.45) is -0.215. The van der Waals surface area contributed by atoms with E-state index in [1.807, 2.05) is 6.92 Å². The van der Waals surface area contributed by atoms with Crippen molar-refractivity contribution in [2.45, 2.75) is 26.9 Å². The van der Waals surface area contributed by atoms with E-state index in [0.29, 0.717) is 6.54 Å². The molecule has 6 heteroatoms. The summed E-state index contributed by atoms with van der Waals surface area (Å²) in [5, 5.41) is 3.51. The molecule has 0 aromatic heterocycles. The van der Waals surface area contributed by atoms with Gasteiger partial charge in [0.15, 0.2) is 0 Å². The highest BCUT2D eigenvalue weighted by Gasteiger charge is 2.29. The number of ether oxygens (including phenoxy) is 1. The van der Waals surface area contributed by atoms with Crippen molar-refractivity contribution < 1.29 is 14.3 Å². The van der Waals surface area contributed by atoms with Crippen molar-refractivity contribution >= 4 is 35.4 Å². The van der Waals surface area contributed by atoms with E-state index in [4.69, 9.17) is 4.74 Å². The summed E-state index contributed by atoms with van der Waals surface area (Å²) >= 11 is 3.01. The molecular weight excluding hydrogens is 246 g/mol. The monoisotopic (exact) mass is 261 g/mol. The van der Waals surface area contributed by atoms with Crippen LogP contribution >= 0.6 is 23.5 Å². The summed E-state index contributed by atoms with van der Waals surface area (Å²) < 4.78 is 5.81. The van der Waals surface area contributed by atoms with Crippen LogP contribution in [0.3, 0.4) is 0 Å². The number of rotatable bonds is 4. The third kappa shape index (κ3) is 3.45. The third-order valence-corrected chi connectivity index (χ3v) is 4.28. The molecule has 1 N–H and O–H groups in total. The number of thioether (sulfide) groups is 2. The number of esters is 1. The van der Waals surface area contributed by atoms with Gasteiger partial charge in [0.1, 0.15) is 5.57 Å². The quantitative estimate of drug-likeness (QED) is 0.361. The Balaban J connectivity index is 2.80. The number of nitrogens with one attached hydrogen (secondary N) is 1. The fraction of sp³-hybridized carbons (Fsp3) is 0.600. The van der Waals surface area contributed by atoms with Crippen LogP contribution in [-0.4, -0.2) is 29.6 Å². The SMILES string of the molecule is CCNC(=O)C(C(=O)OC(C)C)=C1SCS1. The van der Waals surface area contributed by atoms with Gasteiger partial charge in [0.25, 0.3) is 5.91 Å². The maximum absolute atomic E-state index is 11.7. The van der Waals surface area contributed by atoms with Crippen molar-refractivity contribution in [1.29, 1.82) is 0 Å². The van der Waals surface area contributed by atoms with Crippen LogP contribution in [0, 0.1) is 0 Å². The van der Waals surface area contributed by atoms with Gasteiger partial charge in [0, 0.05) is 11.6 Å². The van der Waals surface area contributed by atoms with Gasteiger partial charge in [0.2, 0.25) is 0 Å². The minimum absolute atomic E-state index is 0.150. The molecule has 0 unspecified atom stereocenters. The molecule has 0 aliphatic carbocycles. The van der Waals surface area contributed by atoms with Crippen LogP contribution in [0.15, 0.2) is 9.81 Å². The Hall–Kier alpha value is -0.620. The first-order chi connectivity index (χ1) is 7.56. The summed E-state index contributed by atoms with van der Waals surface area (Å²) in [6.45, 7) is 5.84. The summed E-state index contributed by atoms with van der Waals surface area (Å²) in [7, 11) is 0. The molecule has 1 rings (SSSR count). The molecule has 1 amide bonds. The smallest absolute Gasteiger partial charge is 0.345 e. The molecule has 1 aliphatic rings. The van der Waals surface area contributed by atoms with Gasteiger partial charge in [-0.1, -0.05) is 0 Å². The molecule has 0 atom stereocenters. The van der Waals surface area contributed by atoms with Crippen molar-refractivity contribution in [2.24, 2.45) is 0 Å². The summed E-state index contributed by atoms with van der Waals surface area (Å²) in [5.74, 6) is -0.876.